The highest BCUT2D eigenvalue weighted by Gasteiger charge is 2.60. The summed E-state index contributed by atoms with van der Waals surface area (Å²) in [5.74, 6) is -0.888. The maximum atomic E-state index is 13.6. The van der Waals surface area contributed by atoms with Crippen molar-refractivity contribution < 1.29 is 24.3 Å². The number of phenolic OH excluding ortho intramolecular Hbond substituents is 1. The minimum Gasteiger partial charge on any atom is -0.508 e. The van der Waals surface area contributed by atoms with Gasteiger partial charge in [0.15, 0.2) is 6.10 Å². The molecule has 0 aromatic heterocycles. The minimum atomic E-state index is -0.982. The number of benzene rings is 3. The van der Waals surface area contributed by atoms with Crippen LogP contribution in [0.2, 0.25) is 0 Å². The van der Waals surface area contributed by atoms with Gasteiger partial charge in [0.1, 0.15) is 17.4 Å². The van der Waals surface area contributed by atoms with Gasteiger partial charge < -0.3 is 9.84 Å². The summed E-state index contributed by atoms with van der Waals surface area (Å²) in [6.07, 6.45) is -0.982. The van der Waals surface area contributed by atoms with Crippen LogP contribution in [0.3, 0.4) is 0 Å². The molecule has 2 amide bonds. The topological polar surface area (TPSA) is 79.3 Å². The van der Waals surface area contributed by atoms with Crippen LogP contribution in [-0.2, 0) is 14.4 Å². The number of carbonyl (C=O) groups excluding carboxylic acids is 2. The Morgan fingerprint density at radius 2 is 1.66 bits per heavy atom. The van der Waals surface area contributed by atoms with Gasteiger partial charge in [0.25, 0.3) is 5.91 Å². The standard InChI is InChI=1S/C24H19BrN2O5/c1-31-17-10-7-14(8-11-17)26-23(29)20-21(18-13-16(28)9-12-19(18)25)27(32-22(20)24(26)30)15-5-3-2-4-6-15/h2-13,20-22,28H,1H3/t20-,21-,22+/m0/s1. The normalized spacial score (nSPS) is 22.4. The van der Waals surface area contributed by atoms with Crippen LogP contribution in [0.1, 0.15) is 11.6 Å². The van der Waals surface area contributed by atoms with Gasteiger partial charge in [-0.15, -0.1) is 0 Å². The first-order valence-corrected chi connectivity index (χ1v) is 10.8. The predicted molar refractivity (Wildman–Crippen MR) is 121 cm³/mol. The van der Waals surface area contributed by atoms with Crippen LogP contribution in [-0.4, -0.2) is 30.1 Å². The summed E-state index contributed by atoms with van der Waals surface area (Å²) in [5, 5.41) is 11.7. The van der Waals surface area contributed by atoms with E-state index in [1.54, 1.807) is 54.6 Å². The molecule has 2 aliphatic heterocycles. The van der Waals surface area contributed by atoms with E-state index in [9.17, 15) is 14.7 Å². The maximum absolute atomic E-state index is 13.6. The lowest BCUT2D eigenvalue weighted by Crippen LogP contribution is -2.37. The van der Waals surface area contributed by atoms with E-state index in [2.05, 4.69) is 15.9 Å². The van der Waals surface area contributed by atoms with Gasteiger partial charge >= 0.3 is 0 Å². The molecule has 0 aliphatic carbocycles. The lowest BCUT2D eigenvalue weighted by atomic mass is 9.90. The fourth-order valence-electron chi connectivity index (χ4n) is 4.27. The zero-order valence-corrected chi connectivity index (χ0v) is 18.6. The monoisotopic (exact) mass is 494 g/mol. The summed E-state index contributed by atoms with van der Waals surface area (Å²) >= 11 is 3.53. The summed E-state index contributed by atoms with van der Waals surface area (Å²) in [7, 11) is 1.55. The number of fused-ring (bicyclic) bond motifs is 1. The van der Waals surface area contributed by atoms with E-state index in [1.807, 2.05) is 30.3 Å². The van der Waals surface area contributed by atoms with Crippen LogP contribution >= 0.6 is 15.9 Å². The van der Waals surface area contributed by atoms with Crippen molar-refractivity contribution in [3.05, 3.63) is 82.8 Å². The van der Waals surface area contributed by atoms with Crippen molar-refractivity contribution in [1.82, 2.24) is 0 Å². The van der Waals surface area contributed by atoms with Gasteiger partial charge in [-0.25, -0.2) is 9.96 Å². The molecule has 1 N–H and O–H groups in total. The van der Waals surface area contributed by atoms with Gasteiger partial charge in [-0.1, -0.05) is 34.1 Å². The van der Waals surface area contributed by atoms with E-state index in [-0.39, 0.29) is 11.7 Å². The van der Waals surface area contributed by atoms with E-state index in [0.29, 0.717) is 27.2 Å². The summed E-state index contributed by atoms with van der Waals surface area (Å²) < 4.78 is 5.88. The molecule has 8 heteroatoms. The molecular weight excluding hydrogens is 476 g/mol. The number of phenols is 1. The SMILES string of the molecule is COc1ccc(N2C(=O)[C@@H]3[C@@H](ON(c4ccccc4)[C@H]3c3cc(O)ccc3Br)C2=O)cc1. The quantitative estimate of drug-likeness (QED) is 0.547. The first-order chi connectivity index (χ1) is 15.5. The third-order valence-corrected chi connectivity index (χ3v) is 6.48. The number of aromatic hydroxyl groups is 1. The van der Waals surface area contributed by atoms with Crippen molar-refractivity contribution in [2.45, 2.75) is 12.1 Å². The zero-order valence-electron chi connectivity index (χ0n) is 17.0. The van der Waals surface area contributed by atoms with Gasteiger partial charge in [0.05, 0.1) is 24.5 Å². The Labute approximate surface area is 192 Å². The molecule has 32 heavy (non-hydrogen) atoms. The summed E-state index contributed by atoms with van der Waals surface area (Å²) in [4.78, 5) is 34.2. The lowest BCUT2D eigenvalue weighted by molar-refractivity contribution is -0.126. The molecule has 0 radical (unpaired) electrons. The Hall–Kier alpha value is -3.36. The number of hydroxylamine groups is 1. The summed E-state index contributed by atoms with van der Waals surface area (Å²) in [6, 6.07) is 20.3. The van der Waals surface area contributed by atoms with E-state index in [0.717, 1.165) is 0 Å². The molecule has 3 aromatic rings. The molecule has 0 unspecified atom stereocenters. The third-order valence-electron chi connectivity index (χ3n) is 5.75. The molecule has 0 bridgehead atoms. The molecular formula is C24H19BrN2O5. The Morgan fingerprint density at radius 3 is 2.34 bits per heavy atom. The van der Waals surface area contributed by atoms with Gasteiger partial charge in [0.2, 0.25) is 5.91 Å². The average Bonchev–Trinajstić information content (AvgIpc) is 3.32. The van der Waals surface area contributed by atoms with Gasteiger partial charge in [0, 0.05) is 4.47 Å². The number of nitrogens with zero attached hydrogens (tertiary/aromatic N) is 2. The van der Waals surface area contributed by atoms with Crippen LogP contribution < -0.4 is 14.7 Å². The van der Waals surface area contributed by atoms with E-state index >= 15 is 0 Å². The molecule has 2 saturated heterocycles. The smallest absolute Gasteiger partial charge is 0.266 e. The van der Waals surface area contributed by atoms with Crippen molar-refractivity contribution >= 4 is 39.1 Å². The molecule has 5 rings (SSSR count). The highest BCUT2D eigenvalue weighted by molar-refractivity contribution is 9.10. The lowest BCUT2D eigenvalue weighted by Gasteiger charge is -2.29. The van der Waals surface area contributed by atoms with E-state index in [4.69, 9.17) is 9.57 Å². The molecule has 162 valence electrons. The second-order valence-corrected chi connectivity index (χ2v) is 8.43. The van der Waals surface area contributed by atoms with Crippen LogP contribution in [0.4, 0.5) is 11.4 Å². The van der Waals surface area contributed by atoms with Crippen molar-refractivity contribution in [2.24, 2.45) is 5.92 Å². The van der Waals surface area contributed by atoms with E-state index < -0.39 is 24.0 Å². The first-order valence-electron chi connectivity index (χ1n) is 10.0. The Balaban J connectivity index is 1.59. The maximum Gasteiger partial charge on any atom is 0.266 e. The van der Waals surface area contributed by atoms with Crippen LogP contribution in [0.25, 0.3) is 0 Å². The molecule has 7 nitrogen and oxygen atoms in total. The second-order valence-electron chi connectivity index (χ2n) is 7.57. The number of ether oxygens (including phenoxy) is 1. The number of rotatable bonds is 4. The summed E-state index contributed by atoms with van der Waals surface area (Å²) in [5.41, 5.74) is 1.82. The third kappa shape index (κ3) is 3.23. The van der Waals surface area contributed by atoms with E-state index in [1.165, 1.54) is 4.90 Å². The van der Waals surface area contributed by atoms with Gasteiger partial charge in [-0.3, -0.25) is 14.4 Å². The van der Waals surface area contributed by atoms with Crippen LogP contribution in [0.5, 0.6) is 11.5 Å². The molecule has 0 spiro atoms. The molecule has 3 atom stereocenters. The molecule has 0 saturated carbocycles. The van der Waals surface area contributed by atoms with Crippen molar-refractivity contribution in [1.29, 1.82) is 0 Å². The van der Waals surface area contributed by atoms with Crippen molar-refractivity contribution in [3.63, 3.8) is 0 Å². The predicted octanol–water partition coefficient (Wildman–Crippen LogP) is 4.21. The largest absolute Gasteiger partial charge is 0.508 e. The average molecular weight is 495 g/mol. The summed E-state index contributed by atoms with van der Waals surface area (Å²) in [6.45, 7) is 0. The number of hydrogen-bond donors (Lipinski definition) is 1. The molecule has 2 fully saturated rings. The number of para-hydroxylation sites is 1. The fourth-order valence-corrected chi connectivity index (χ4v) is 4.75. The molecule has 2 heterocycles. The Bertz CT molecular complexity index is 1180. The second kappa shape index (κ2) is 7.96. The minimum absolute atomic E-state index is 0.0587. The van der Waals surface area contributed by atoms with Gasteiger partial charge in [-0.05, 0) is 60.2 Å². The number of carbonyl (C=O) groups is 2. The van der Waals surface area contributed by atoms with Crippen LogP contribution in [0, 0.1) is 5.92 Å². The Morgan fingerprint density at radius 1 is 0.938 bits per heavy atom. The van der Waals surface area contributed by atoms with Crippen molar-refractivity contribution in [2.75, 3.05) is 17.1 Å². The number of hydrogen-bond acceptors (Lipinski definition) is 6. The number of halogens is 1. The zero-order chi connectivity index (χ0) is 22.4. The Kier molecular flexibility index (Phi) is 5.11. The van der Waals surface area contributed by atoms with Gasteiger partial charge in [-0.2, -0.15) is 0 Å². The highest BCUT2D eigenvalue weighted by Crippen LogP contribution is 2.49. The van der Waals surface area contributed by atoms with Crippen LogP contribution in [0.15, 0.2) is 77.3 Å². The first kappa shape index (κ1) is 20.5. The number of anilines is 2. The fraction of sp³-hybridized carbons (Fsp3) is 0.167. The molecule has 3 aromatic carbocycles. The highest BCUT2D eigenvalue weighted by atomic mass is 79.9. The number of imide groups is 1. The van der Waals surface area contributed by atoms with Crippen molar-refractivity contribution in [3.8, 4) is 11.5 Å². The molecule has 2 aliphatic rings. The number of methoxy groups -OCH3 is 1. The number of amides is 2.